The lowest BCUT2D eigenvalue weighted by Gasteiger charge is -2.21. The second kappa shape index (κ2) is 15.4. The highest BCUT2D eigenvalue weighted by Crippen LogP contribution is 2.17. The normalized spacial score (nSPS) is 14.4. The number of oxazole rings is 1. The van der Waals surface area contributed by atoms with Crippen LogP contribution in [0.15, 0.2) is 94.4 Å². The summed E-state index contributed by atoms with van der Waals surface area (Å²) in [6, 6.07) is 27.8. The summed E-state index contributed by atoms with van der Waals surface area (Å²) in [7, 11) is 0. The Labute approximate surface area is 236 Å². The number of carboxylic acid groups (broad SMARTS) is 1. The van der Waals surface area contributed by atoms with Crippen LogP contribution in [0.1, 0.15) is 77.0 Å². The Morgan fingerprint density at radius 3 is 2.08 bits per heavy atom. The van der Waals surface area contributed by atoms with Crippen molar-refractivity contribution in [3.05, 3.63) is 90.8 Å². The van der Waals surface area contributed by atoms with Crippen LogP contribution in [0.3, 0.4) is 0 Å². The molecular formula is C32H39N5O3. The number of hydrogen-bond acceptors (Lipinski definition) is 7. The third-order valence-electron chi connectivity index (χ3n) is 6.67. The number of hydrogen-bond donors (Lipinski definition) is 2. The number of aliphatic carboxylic acids is 1. The van der Waals surface area contributed by atoms with Crippen LogP contribution in [0, 0.1) is 0 Å². The number of nitrogens with zero attached hydrogens (tertiary/aromatic N) is 3. The number of para-hydroxylation sites is 3. The number of unbranched alkanes of at least 4 members (excludes halogenated alkanes) is 8. The van der Waals surface area contributed by atoms with Crippen molar-refractivity contribution in [3.63, 3.8) is 0 Å². The first-order valence-corrected chi connectivity index (χ1v) is 14.3. The first kappa shape index (κ1) is 28.8. The zero-order valence-electron chi connectivity index (χ0n) is 23.2. The number of quaternary nitrogens is 1. The van der Waals surface area contributed by atoms with Gasteiger partial charge in [-0.25, -0.2) is 10.4 Å². The predicted molar refractivity (Wildman–Crippen MR) is 157 cm³/mol. The summed E-state index contributed by atoms with van der Waals surface area (Å²) in [5.41, 5.74) is 6.87. The average molecular weight is 542 g/mol. The number of carbonyl (C=O) groups excluding carboxylic acids is 1. The van der Waals surface area contributed by atoms with Gasteiger partial charge in [0.1, 0.15) is 11.2 Å². The van der Waals surface area contributed by atoms with Gasteiger partial charge in [-0.3, -0.25) is 0 Å². The van der Waals surface area contributed by atoms with E-state index in [9.17, 15) is 9.90 Å². The van der Waals surface area contributed by atoms with E-state index in [1.165, 1.54) is 44.9 Å². The summed E-state index contributed by atoms with van der Waals surface area (Å²) in [4.78, 5) is 14.6. The van der Waals surface area contributed by atoms with Gasteiger partial charge in [-0.05, 0) is 42.2 Å². The molecule has 2 N–H and O–H groups in total. The lowest BCUT2D eigenvalue weighted by molar-refractivity contribution is -0.846. The first-order chi connectivity index (χ1) is 19.7. The highest BCUT2D eigenvalue weighted by Gasteiger charge is 2.34. The quantitative estimate of drug-likeness (QED) is 0.223. The summed E-state index contributed by atoms with van der Waals surface area (Å²) < 4.78 is 5.88. The number of rotatable bonds is 13. The van der Waals surface area contributed by atoms with Crippen molar-refractivity contribution in [1.29, 1.82) is 0 Å². The van der Waals surface area contributed by atoms with E-state index >= 15 is 0 Å². The maximum atomic E-state index is 10.1. The largest absolute Gasteiger partial charge is 0.550 e. The second-order valence-electron chi connectivity index (χ2n) is 9.87. The summed E-state index contributed by atoms with van der Waals surface area (Å²) in [6.45, 7) is 2.22. The number of hydrazine groups is 1. The van der Waals surface area contributed by atoms with Crippen LogP contribution in [-0.4, -0.2) is 16.8 Å². The summed E-state index contributed by atoms with van der Waals surface area (Å²) >= 11 is 0. The van der Waals surface area contributed by atoms with Gasteiger partial charge in [0.05, 0.1) is 0 Å². The van der Waals surface area contributed by atoms with Gasteiger partial charge in [-0.1, -0.05) is 117 Å². The number of aromatic nitrogens is 1. The Kier molecular flexibility index (Phi) is 11.1. The van der Waals surface area contributed by atoms with E-state index in [1.54, 1.807) is 0 Å². The molecule has 0 radical (unpaired) electrons. The number of carboxylic acids is 1. The smallest absolute Gasteiger partial charge is 0.271 e. The molecule has 0 amide bonds. The molecule has 1 aliphatic heterocycles. The van der Waals surface area contributed by atoms with Gasteiger partial charge in [-0.15, -0.1) is 0 Å². The van der Waals surface area contributed by atoms with Gasteiger partial charge in [-0.2, -0.15) is 0 Å². The van der Waals surface area contributed by atoms with E-state index in [2.05, 4.69) is 17.3 Å². The molecular weight excluding hydrogens is 502 g/mol. The van der Waals surface area contributed by atoms with Crippen LogP contribution in [0.25, 0.3) is 11.1 Å². The fourth-order valence-electron chi connectivity index (χ4n) is 4.53. The topological polar surface area (TPSA) is 98.2 Å². The molecule has 0 saturated heterocycles. The third-order valence-corrected chi connectivity index (χ3v) is 6.67. The summed E-state index contributed by atoms with van der Waals surface area (Å²) in [6.07, 6.45) is 11.2. The van der Waals surface area contributed by atoms with Gasteiger partial charge < -0.3 is 14.3 Å². The molecule has 1 atom stereocenters. The molecule has 3 aromatic carbocycles. The standard InChI is InChI=1S/C20H15N5O.C12H24O2/c1-3-9-15(10-4-1)24-22-19(23-25(24)16-11-5-2-6-12-16)20-21-17-13-7-8-14-18(17)26-20;1-2-3-4-5-6-7-8-9-10-11-12(13)14/h1-14H,(H,22,23);2-11H2,1H3,(H,13,14). The molecule has 0 fully saturated rings. The first-order valence-electron chi connectivity index (χ1n) is 14.3. The molecule has 8 nitrogen and oxygen atoms in total. The van der Waals surface area contributed by atoms with E-state index in [1.807, 2.05) is 90.0 Å². The minimum Gasteiger partial charge on any atom is -0.550 e. The average Bonchev–Trinajstić information content (AvgIpc) is 3.63. The molecule has 2 heterocycles. The van der Waals surface area contributed by atoms with Crippen LogP contribution < -0.4 is 20.8 Å². The second-order valence-corrected chi connectivity index (χ2v) is 9.87. The number of nitrogens with one attached hydrogen (secondary N) is 2. The molecule has 1 aliphatic rings. The van der Waals surface area contributed by atoms with Gasteiger partial charge in [0, 0.05) is 18.1 Å². The van der Waals surface area contributed by atoms with E-state index in [4.69, 9.17) is 9.52 Å². The lowest BCUT2D eigenvalue weighted by atomic mass is 10.1. The van der Waals surface area contributed by atoms with Crippen molar-refractivity contribution >= 4 is 34.3 Å². The molecule has 0 aliphatic carbocycles. The molecule has 1 unspecified atom stereocenters. The van der Waals surface area contributed by atoms with Gasteiger partial charge in [0.25, 0.3) is 11.7 Å². The Bertz CT molecular complexity index is 1310. The van der Waals surface area contributed by atoms with Crippen molar-refractivity contribution in [3.8, 4) is 0 Å². The van der Waals surface area contributed by atoms with Crippen LogP contribution in [0.2, 0.25) is 0 Å². The van der Waals surface area contributed by atoms with E-state index in [0.29, 0.717) is 11.7 Å². The molecule has 8 heteroatoms. The molecule has 210 valence electrons. The van der Waals surface area contributed by atoms with Crippen molar-refractivity contribution in [1.82, 2.24) is 10.4 Å². The van der Waals surface area contributed by atoms with Crippen molar-refractivity contribution in [2.24, 2.45) is 5.10 Å². The highest BCUT2D eigenvalue weighted by atomic mass is 16.4. The zero-order chi connectivity index (χ0) is 28.0. The predicted octanol–water partition coefficient (Wildman–Crippen LogP) is 5.30. The Morgan fingerprint density at radius 2 is 1.43 bits per heavy atom. The monoisotopic (exact) mass is 541 g/mol. The molecule has 0 saturated carbocycles. The molecule has 4 aromatic rings. The molecule has 1 aromatic heterocycles. The maximum absolute atomic E-state index is 10.1. The van der Waals surface area contributed by atoms with E-state index in [-0.39, 0.29) is 6.42 Å². The Hall–Kier alpha value is -4.17. The number of carbonyl (C=O) groups is 1. The van der Waals surface area contributed by atoms with E-state index < -0.39 is 5.97 Å². The fraction of sp³-hybridized carbons (Fsp3) is 0.344. The van der Waals surface area contributed by atoms with Crippen LogP contribution in [0.5, 0.6) is 0 Å². The van der Waals surface area contributed by atoms with Crippen molar-refractivity contribution in [2.45, 2.75) is 71.1 Å². The number of fused-ring (bicyclic) bond motifs is 1. The third kappa shape index (κ3) is 8.41. The van der Waals surface area contributed by atoms with Gasteiger partial charge in [0.2, 0.25) is 0 Å². The van der Waals surface area contributed by atoms with Crippen LogP contribution in [0.4, 0.5) is 11.4 Å². The summed E-state index contributed by atoms with van der Waals surface area (Å²) in [5, 5.41) is 17.6. The van der Waals surface area contributed by atoms with Gasteiger partial charge in [0.15, 0.2) is 11.3 Å². The molecule has 0 bridgehead atoms. The molecule has 40 heavy (non-hydrogen) atoms. The Balaban J connectivity index is 0.000000227. The zero-order valence-corrected chi connectivity index (χ0v) is 23.2. The van der Waals surface area contributed by atoms with E-state index in [0.717, 1.165) is 40.4 Å². The SMILES string of the molecule is CCCCCCCCCCCC(=O)[O-].c1ccc(N2NC(c3nc4ccccc4o3)=N[NH+]2c2ccccc2)cc1. The van der Waals surface area contributed by atoms with Crippen LogP contribution >= 0.6 is 0 Å². The minimum atomic E-state index is -0.909. The number of anilines is 1. The lowest BCUT2D eigenvalue weighted by Crippen LogP contribution is -3.10. The Morgan fingerprint density at radius 1 is 0.825 bits per heavy atom. The minimum absolute atomic E-state index is 0.232. The van der Waals surface area contributed by atoms with Gasteiger partial charge >= 0.3 is 0 Å². The number of amidine groups is 1. The maximum Gasteiger partial charge on any atom is 0.271 e. The fourth-order valence-corrected chi connectivity index (χ4v) is 4.53. The molecule has 0 spiro atoms. The van der Waals surface area contributed by atoms with Crippen molar-refractivity contribution < 1.29 is 19.4 Å². The van der Waals surface area contributed by atoms with Crippen molar-refractivity contribution in [2.75, 3.05) is 5.12 Å². The summed E-state index contributed by atoms with van der Waals surface area (Å²) in [5.74, 6) is 0.148. The van der Waals surface area contributed by atoms with Crippen LogP contribution in [-0.2, 0) is 4.79 Å². The molecule has 5 rings (SSSR count). The highest BCUT2D eigenvalue weighted by molar-refractivity contribution is 5.97. The number of benzene rings is 3.